The minimum absolute atomic E-state index is 0.0458. The molecule has 0 spiro atoms. The van der Waals surface area contributed by atoms with E-state index in [-0.39, 0.29) is 12.1 Å². The maximum Gasteiger partial charge on any atom is 0.306 e. The molecule has 0 N–H and O–H groups in total. The molecule has 0 saturated carbocycles. The zero-order chi connectivity index (χ0) is 8.27. The summed E-state index contributed by atoms with van der Waals surface area (Å²) in [6.07, 6.45) is 3.81. The van der Waals surface area contributed by atoms with E-state index in [0.29, 0.717) is 11.2 Å². The molecular formula is C8H13BrO2. The quantitative estimate of drug-likeness (QED) is 0.539. The van der Waals surface area contributed by atoms with Gasteiger partial charge in [-0.3, -0.25) is 4.79 Å². The van der Waals surface area contributed by atoms with Crippen LogP contribution < -0.4 is 0 Å². The first-order chi connectivity index (χ1) is 5.24. The van der Waals surface area contributed by atoms with Gasteiger partial charge in [0.25, 0.3) is 0 Å². The molecule has 2 nitrogen and oxygen atoms in total. The van der Waals surface area contributed by atoms with Gasteiger partial charge in [-0.05, 0) is 12.8 Å². The Kier molecular flexibility index (Phi) is 3.37. The molecule has 0 aromatic heterocycles. The first kappa shape index (κ1) is 9.04. The van der Waals surface area contributed by atoms with Crippen LogP contribution in [0.2, 0.25) is 0 Å². The van der Waals surface area contributed by atoms with Crippen LogP contribution in [-0.2, 0) is 9.53 Å². The average molecular weight is 221 g/mol. The molecule has 0 unspecified atom stereocenters. The number of carbonyl (C=O) groups is 1. The number of esters is 1. The first-order valence-corrected chi connectivity index (χ1v) is 4.99. The number of rotatable bonds is 3. The van der Waals surface area contributed by atoms with Crippen LogP contribution in [0.1, 0.15) is 32.6 Å². The summed E-state index contributed by atoms with van der Waals surface area (Å²) in [4.78, 5) is 11.1. The molecule has 0 aromatic carbocycles. The minimum atomic E-state index is -0.0458. The predicted molar refractivity (Wildman–Crippen MR) is 46.7 cm³/mol. The average Bonchev–Trinajstić information content (AvgIpc) is 2.36. The van der Waals surface area contributed by atoms with Crippen LogP contribution in [0.5, 0.6) is 0 Å². The van der Waals surface area contributed by atoms with Gasteiger partial charge in [-0.2, -0.15) is 0 Å². The monoisotopic (exact) mass is 220 g/mol. The summed E-state index contributed by atoms with van der Waals surface area (Å²) in [6.45, 7) is 2.13. The summed E-state index contributed by atoms with van der Waals surface area (Å²) >= 11 is 3.52. The highest BCUT2D eigenvalue weighted by Crippen LogP contribution is 2.24. The normalized spacial score (nSPS) is 26.7. The van der Waals surface area contributed by atoms with Crippen LogP contribution in [0.25, 0.3) is 0 Å². The second kappa shape index (κ2) is 4.10. The van der Waals surface area contributed by atoms with E-state index >= 15 is 0 Å². The van der Waals surface area contributed by atoms with E-state index in [1.807, 2.05) is 0 Å². The molecular weight excluding hydrogens is 208 g/mol. The lowest BCUT2D eigenvalue weighted by Crippen LogP contribution is -2.19. The van der Waals surface area contributed by atoms with Crippen molar-refractivity contribution in [3.8, 4) is 0 Å². The van der Waals surface area contributed by atoms with Crippen molar-refractivity contribution in [2.45, 2.75) is 43.5 Å². The highest BCUT2D eigenvalue weighted by Gasteiger charge is 2.28. The molecule has 0 bridgehead atoms. The molecule has 1 aliphatic rings. The zero-order valence-corrected chi connectivity index (χ0v) is 8.26. The molecule has 1 heterocycles. The van der Waals surface area contributed by atoms with Gasteiger partial charge in [-0.15, -0.1) is 0 Å². The number of alkyl halides is 1. The second-order valence-electron chi connectivity index (χ2n) is 2.87. The van der Waals surface area contributed by atoms with Crippen LogP contribution in [0.15, 0.2) is 0 Å². The van der Waals surface area contributed by atoms with E-state index in [0.717, 1.165) is 19.3 Å². The Bertz CT molecular complexity index is 147. The molecule has 1 fully saturated rings. The van der Waals surface area contributed by atoms with Crippen molar-refractivity contribution in [3.05, 3.63) is 0 Å². The highest BCUT2D eigenvalue weighted by atomic mass is 79.9. The van der Waals surface area contributed by atoms with Gasteiger partial charge in [0.1, 0.15) is 6.10 Å². The van der Waals surface area contributed by atoms with E-state index in [2.05, 4.69) is 22.9 Å². The van der Waals surface area contributed by atoms with E-state index in [1.165, 1.54) is 0 Å². The number of hydrogen-bond acceptors (Lipinski definition) is 2. The Labute approximate surface area is 75.4 Å². The van der Waals surface area contributed by atoms with Crippen LogP contribution in [0, 0.1) is 0 Å². The molecule has 1 saturated heterocycles. The molecule has 64 valence electrons. The van der Waals surface area contributed by atoms with Crippen molar-refractivity contribution in [1.29, 1.82) is 0 Å². The summed E-state index contributed by atoms with van der Waals surface area (Å²) in [7, 11) is 0. The van der Waals surface area contributed by atoms with E-state index in [1.54, 1.807) is 0 Å². The summed E-state index contributed by atoms with van der Waals surface area (Å²) < 4.78 is 5.09. The molecule has 2 atom stereocenters. The molecule has 11 heavy (non-hydrogen) atoms. The van der Waals surface area contributed by atoms with Gasteiger partial charge in [0.2, 0.25) is 0 Å². The molecule has 1 rings (SSSR count). The Balaban J connectivity index is 2.30. The lowest BCUT2D eigenvalue weighted by Gasteiger charge is -2.14. The molecule has 0 radical (unpaired) electrons. The number of cyclic esters (lactones) is 1. The minimum Gasteiger partial charge on any atom is -0.461 e. The number of halogens is 1. The van der Waals surface area contributed by atoms with Gasteiger partial charge in [0.15, 0.2) is 0 Å². The van der Waals surface area contributed by atoms with E-state index in [9.17, 15) is 4.79 Å². The summed E-state index contributed by atoms with van der Waals surface area (Å²) in [5.41, 5.74) is 0. The SMILES string of the molecule is CCC[C@H](Br)[C@@H]1CCC(=O)O1. The second-order valence-corrected chi connectivity index (χ2v) is 4.05. The van der Waals surface area contributed by atoms with Crippen molar-refractivity contribution in [2.75, 3.05) is 0 Å². The largest absolute Gasteiger partial charge is 0.461 e. The van der Waals surface area contributed by atoms with Crippen molar-refractivity contribution in [2.24, 2.45) is 0 Å². The third kappa shape index (κ3) is 2.47. The summed E-state index contributed by atoms with van der Waals surface area (Å²) in [5, 5.41) is 0. The van der Waals surface area contributed by atoms with Gasteiger partial charge in [0, 0.05) is 6.42 Å². The Morgan fingerprint density at radius 3 is 3.00 bits per heavy atom. The molecule has 0 amide bonds. The fraction of sp³-hybridized carbons (Fsp3) is 0.875. The number of hydrogen-bond donors (Lipinski definition) is 0. The fourth-order valence-corrected chi connectivity index (χ4v) is 2.09. The van der Waals surface area contributed by atoms with Gasteiger partial charge >= 0.3 is 5.97 Å². The van der Waals surface area contributed by atoms with Gasteiger partial charge < -0.3 is 4.74 Å². The third-order valence-corrected chi connectivity index (χ3v) is 2.93. The molecule has 3 heteroatoms. The molecule has 0 aromatic rings. The zero-order valence-electron chi connectivity index (χ0n) is 6.68. The summed E-state index contributed by atoms with van der Waals surface area (Å²) in [5.74, 6) is -0.0458. The Hall–Kier alpha value is -0.0500. The maximum atomic E-state index is 10.7. The summed E-state index contributed by atoms with van der Waals surface area (Å²) in [6, 6.07) is 0. The standard InChI is InChI=1S/C8H13BrO2/c1-2-3-6(9)7-4-5-8(10)11-7/h6-7H,2-5H2,1H3/t6-,7-/m0/s1. The van der Waals surface area contributed by atoms with Crippen molar-refractivity contribution < 1.29 is 9.53 Å². The van der Waals surface area contributed by atoms with Crippen LogP contribution in [-0.4, -0.2) is 16.9 Å². The fourth-order valence-electron chi connectivity index (χ4n) is 1.26. The molecule has 1 aliphatic heterocycles. The van der Waals surface area contributed by atoms with Crippen LogP contribution in [0.3, 0.4) is 0 Å². The van der Waals surface area contributed by atoms with Crippen molar-refractivity contribution >= 4 is 21.9 Å². The maximum absolute atomic E-state index is 10.7. The smallest absolute Gasteiger partial charge is 0.306 e. The van der Waals surface area contributed by atoms with Gasteiger partial charge in [-0.1, -0.05) is 29.3 Å². The van der Waals surface area contributed by atoms with Crippen molar-refractivity contribution in [1.82, 2.24) is 0 Å². The predicted octanol–water partition coefficient (Wildman–Crippen LogP) is 2.26. The van der Waals surface area contributed by atoms with Gasteiger partial charge in [0.05, 0.1) is 4.83 Å². The Morgan fingerprint density at radius 2 is 2.55 bits per heavy atom. The first-order valence-electron chi connectivity index (χ1n) is 4.07. The van der Waals surface area contributed by atoms with Crippen LogP contribution in [0.4, 0.5) is 0 Å². The van der Waals surface area contributed by atoms with Crippen LogP contribution >= 0.6 is 15.9 Å². The number of carbonyl (C=O) groups excluding carboxylic acids is 1. The van der Waals surface area contributed by atoms with Crippen molar-refractivity contribution in [3.63, 3.8) is 0 Å². The number of ether oxygens (including phenoxy) is 1. The van der Waals surface area contributed by atoms with E-state index in [4.69, 9.17) is 4.74 Å². The topological polar surface area (TPSA) is 26.3 Å². The highest BCUT2D eigenvalue weighted by molar-refractivity contribution is 9.09. The van der Waals surface area contributed by atoms with E-state index < -0.39 is 0 Å². The van der Waals surface area contributed by atoms with Gasteiger partial charge in [-0.25, -0.2) is 0 Å². The Morgan fingerprint density at radius 1 is 1.82 bits per heavy atom. The molecule has 0 aliphatic carbocycles. The lowest BCUT2D eigenvalue weighted by molar-refractivity contribution is -0.141. The lowest BCUT2D eigenvalue weighted by atomic mass is 10.1. The third-order valence-electron chi connectivity index (χ3n) is 1.88.